The lowest BCUT2D eigenvalue weighted by atomic mass is 9.40. The summed E-state index contributed by atoms with van der Waals surface area (Å²) in [6, 6.07) is 0. The number of aliphatic hydroxyl groups is 7. The van der Waals surface area contributed by atoms with Crippen LogP contribution in [0.4, 0.5) is 0 Å². The highest BCUT2D eigenvalue weighted by Crippen LogP contribution is 2.73. The summed E-state index contributed by atoms with van der Waals surface area (Å²) >= 11 is 0. The van der Waals surface area contributed by atoms with Crippen LogP contribution in [-0.4, -0.2) is 97.3 Å². The standard InChI is InChI=1S/C26H42O10/c1-23-7-6-17(29)24(2,22(33)36-21-20(32)19(31)18(30)14(10-27)35-21)15(23)5-8-25-9-13(3-4-16(23)25)26(34,11-25)12-28/h13-21,27-32,34H,3-12H2,1-2H3/t13-,14-,15+,16+,17-,18-,19+,20-,21+,23-,24+,25+,26+/m1/s1. The SMILES string of the molecule is C[C@@]12CC[C@@H](O)[C@@](C)(C(=O)O[C@@H]3O[C@H](CO)[C@@H](O)[C@H](O)[C@H]3O)[C@H]1CC[C@@]13C[C@@H](CC[C@H]12)[C@@](O)(CO)C3. The number of fused-ring (bicyclic) bond motifs is 3. The number of aliphatic hydroxyl groups excluding tert-OH is 6. The van der Waals surface area contributed by atoms with Gasteiger partial charge in [0.05, 0.1) is 30.3 Å². The highest BCUT2D eigenvalue weighted by atomic mass is 16.7. The van der Waals surface area contributed by atoms with E-state index in [1.807, 2.05) is 0 Å². The average molecular weight is 515 g/mol. The molecule has 0 unspecified atom stereocenters. The minimum Gasteiger partial charge on any atom is -0.432 e. The van der Waals surface area contributed by atoms with Crippen LogP contribution >= 0.6 is 0 Å². The van der Waals surface area contributed by atoms with Crippen LogP contribution in [0.3, 0.4) is 0 Å². The molecular formula is C26H42O10. The predicted molar refractivity (Wildman–Crippen MR) is 124 cm³/mol. The molecule has 4 saturated carbocycles. The number of hydrogen-bond acceptors (Lipinski definition) is 10. The molecule has 5 aliphatic rings. The molecule has 5 rings (SSSR count). The second-order valence-corrected chi connectivity index (χ2v) is 12.9. The van der Waals surface area contributed by atoms with Gasteiger partial charge in [-0.25, -0.2) is 0 Å². The van der Waals surface area contributed by atoms with Crippen LogP contribution in [-0.2, 0) is 14.3 Å². The molecule has 0 amide bonds. The first kappa shape index (κ1) is 26.7. The van der Waals surface area contributed by atoms with E-state index >= 15 is 0 Å². The topological polar surface area (TPSA) is 177 Å². The maximum absolute atomic E-state index is 13.7. The summed E-state index contributed by atoms with van der Waals surface area (Å²) < 4.78 is 11.0. The summed E-state index contributed by atoms with van der Waals surface area (Å²) in [7, 11) is 0. The number of esters is 1. The van der Waals surface area contributed by atoms with Gasteiger partial charge in [-0.1, -0.05) is 6.92 Å². The Kier molecular flexibility index (Phi) is 6.57. The fraction of sp³-hybridized carbons (Fsp3) is 0.962. The molecule has 2 bridgehead atoms. The molecule has 1 heterocycles. The van der Waals surface area contributed by atoms with E-state index in [0.29, 0.717) is 19.3 Å². The van der Waals surface area contributed by atoms with Gasteiger partial charge in [0, 0.05) is 0 Å². The highest BCUT2D eigenvalue weighted by molar-refractivity contribution is 5.78. The van der Waals surface area contributed by atoms with Crippen molar-refractivity contribution >= 4 is 5.97 Å². The molecule has 13 atom stereocenters. The molecule has 0 aromatic heterocycles. The molecular weight excluding hydrogens is 472 g/mol. The zero-order chi connectivity index (χ0) is 26.3. The Bertz CT molecular complexity index is 868. The van der Waals surface area contributed by atoms with Gasteiger partial charge < -0.3 is 45.2 Å². The number of carbonyl (C=O) groups excluding carboxylic acids is 1. The molecule has 0 radical (unpaired) electrons. The summed E-state index contributed by atoms with van der Waals surface area (Å²) in [5.74, 6) is -0.651. The van der Waals surface area contributed by atoms with Crippen LogP contribution in [0.2, 0.25) is 0 Å². The van der Waals surface area contributed by atoms with Gasteiger partial charge in [-0.15, -0.1) is 0 Å². The van der Waals surface area contributed by atoms with E-state index in [1.165, 1.54) is 0 Å². The summed E-state index contributed by atoms with van der Waals surface area (Å²) in [6.45, 7) is 3.01. The minimum absolute atomic E-state index is 0.0793. The minimum atomic E-state index is -1.71. The average Bonchev–Trinajstić information content (AvgIpc) is 3.06. The van der Waals surface area contributed by atoms with E-state index in [4.69, 9.17) is 9.47 Å². The van der Waals surface area contributed by atoms with Crippen molar-refractivity contribution in [1.82, 2.24) is 0 Å². The van der Waals surface area contributed by atoms with E-state index in [0.717, 1.165) is 32.1 Å². The molecule has 0 aromatic carbocycles. The lowest BCUT2D eigenvalue weighted by Crippen LogP contribution is -2.64. The molecule has 7 N–H and O–H groups in total. The number of ether oxygens (including phenoxy) is 2. The van der Waals surface area contributed by atoms with E-state index in [9.17, 15) is 40.5 Å². The quantitative estimate of drug-likeness (QED) is 0.241. The maximum atomic E-state index is 13.7. The summed E-state index contributed by atoms with van der Waals surface area (Å²) in [6.07, 6.45) is -3.00. The van der Waals surface area contributed by atoms with Gasteiger partial charge in [0.15, 0.2) is 0 Å². The monoisotopic (exact) mass is 514 g/mol. The van der Waals surface area contributed by atoms with Crippen LogP contribution in [0.15, 0.2) is 0 Å². The van der Waals surface area contributed by atoms with Crippen LogP contribution in [0.1, 0.15) is 65.2 Å². The second kappa shape index (κ2) is 8.84. The van der Waals surface area contributed by atoms with Gasteiger partial charge in [-0.2, -0.15) is 0 Å². The lowest BCUT2D eigenvalue weighted by molar-refractivity contribution is -0.300. The lowest BCUT2D eigenvalue weighted by Gasteiger charge is -2.64. The first-order chi connectivity index (χ1) is 16.9. The molecule has 36 heavy (non-hydrogen) atoms. The third-order valence-corrected chi connectivity index (χ3v) is 11.3. The summed E-state index contributed by atoms with van der Waals surface area (Å²) in [4.78, 5) is 13.7. The normalized spacial score (nSPS) is 56.5. The van der Waals surface area contributed by atoms with Gasteiger partial charge in [-0.05, 0) is 86.9 Å². The van der Waals surface area contributed by atoms with Crippen molar-refractivity contribution in [2.24, 2.45) is 34.0 Å². The first-order valence-corrected chi connectivity index (χ1v) is 13.4. The van der Waals surface area contributed by atoms with Gasteiger partial charge >= 0.3 is 5.97 Å². The fourth-order valence-electron chi connectivity index (χ4n) is 9.39. The van der Waals surface area contributed by atoms with Crippen LogP contribution in [0, 0.1) is 34.0 Å². The van der Waals surface area contributed by atoms with Gasteiger partial charge in [0.1, 0.15) is 24.4 Å². The number of hydrogen-bond donors (Lipinski definition) is 7. The van der Waals surface area contributed by atoms with Crippen molar-refractivity contribution < 1.29 is 50.0 Å². The van der Waals surface area contributed by atoms with Crippen molar-refractivity contribution in [2.45, 2.75) is 108 Å². The fourth-order valence-corrected chi connectivity index (χ4v) is 9.39. The summed E-state index contributed by atoms with van der Waals surface area (Å²) in [5.41, 5.74) is -2.75. The molecule has 1 aliphatic heterocycles. The Morgan fingerprint density at radius 1 is 0.944 bits per heavy atom. The third-order valence-electron chi connectivity index (χ3n) is 11.3. The van der Waals surface area contributed by atoms with Gasteiger partial charge in [0.25, 0.3) is 0 Å². The van der Waals surface area contributed by atoms with Crippen molar-refractivity contribution in [3.8, 4) is 0 Å². The van der Waals surface area contributed by atoms with Gasteiger partial charge in [-0.3, -0.25) is 4.79 Å². The highest BCUT2D eigenvalue weighted by Gasteiger charge is 2.70. The molecule has 5 fully saturated rings. The predicted octanol–water partition coefficient (Wildman–Crippen LogP) is -0.563. The Labute approximate surface area is 211 Å². The Morgan fingerprint density at radius 3 is 2.33 bits per heavy atom. The summed E-state index contributed by atoms with van der Waals surface area (Å²) in [5, 5.41) is 72.3. The van der Waals surface area contributed by atoms with Crippen molar-refractivity contribution in [3.63, 3.8) is 0 Å². The van der Waals surface area contributed by atoms with E-state index in [1.54, 1.807) is 6.92 Å². The van der Waals surface area contributed by atoms with Crippen LogP contribution in [0.5, 0.6) is 0 Å². The van der Waals surface area contributed by atoms with Gasteiger partial charge in [0.2, 0.25) is 6.29 Å². The van der Waals surface area contributed by atoms with Crippen LogP contribution in [0.25, 0.3) is 0 Å². The van der Waals surface area contributed by atoms with E-state index in [2.05, 4.69) is 6.92 Å². The first-order valence-electron chi connectivity index (χ1n) is 13.4. The molecule has 10 nitrogen and oxygen atoms in total. The zero-order valence-electron chi connectivity index (χ0n) is 21.1. The van der Waals surface area contributed by atoms with E-state index < -0.39 is 60.4 Å². The Hall–Kier alpha value is -0.850. The molecule has 0 aromatic rings. The van der Waals surface area contributed by atoms with Crippen LogP contribution < -0.4 is 0 Å². The Morgan fingerprint density at radius 2 is 1.67 bits per heavy atom. The molecule has 4 aliphatic carbocycles. The van der Waals surface area contributed by atoms with Crippen molar-refractivity contribution in [3.05, 3.63) is 0 Å². The second-order valence-electron chi connectivity index (χ2n) is 12.9. The molecule has 1 saturated heterocycles. The Balaban J connectivity index is 1.41. The smallest absolute Gasteiger partial charge is 0.317 e. The van der Waals surface area contributed by atoms with Crippen molar-refractivity contribution in [2.75, 3.05) is 13.2 Å². The maximum Gasteiger partial charge on any atom is 0.317 e. The largest absolute Gasteiger partial charge is 0.432 e. The number of rotatable bonds is 4. The van der Waals surface area contributed by atoms with Crippen molar-refractivity contribution in [1.29, 1.82) is 0 Å². The third kappa shape index (κ3) is 3.56. The molecule has 10 heteroatoms. The molecule has 206 valence electrons. The zero-order valence-corrected chi connectivity index (χ0v) is 21.1. The van der Waals surface area contributed by atoms with E-state index in [-0.39, 0.29) is 35.2 Å². The number of carbonyl (C=O) groups is 1. The molecule has 1 spiro atoms.